The molecule has 0 aromatic heterocycles. The fraction of sp³-hybridized carbons (Fsp3) is 0.556. The Hall–Kier alpha value is -1.37. The molecule has 0 amide bonds. The molecule has 0 saturated heterocycles. The van der Waals surface area contributed by atoms with Crippen LogP contribution in [0.1, 0.15) is 37.3 Å². The van der Waals surface area contributed by atoms with Gasteiger partial charge in [-0.05, 0) is 43.4 Å². The predicted octanol–water partition coefficient (Wildman–Crippen LogP) is 3.17. The van der Waals surface area contributed by atoms with Crippen LogP contribution in [0.4, 0.5) is 4.39 Å². The molecular formula is C18H25FN2. The smallest absolute Gasteiger partial charge is 0.127 e. The molecule has 114 valence electrons. The summed E-state index contributed by atoms with van der Waals surface area (Å²) in [5.41, 5.74) is 1.88. The molecule has 2 rings (SSSR count). The van der Waals surface area contributed by atoms with Crippen molar-refractivity contribution in [3.63, 3.8) is 0 Å². The molecule has 3 heteroatoms. The second-order valence-electron chi connectivity index (χ2n) is 5.92. The zero-order valence-corrected chi connectivity index (χ0v) is 12.9. The van der Waals surface area contributed by atoms with Gasteiger partial charge in [-0.25, -0.2) is 4.39 Å². The van der Waals surface area contributed by atoms with Gasteiger partial charge in [0.15, 0.2) is 0 Å². The van der Waals surface area contributed by atoms with E-state index in [9.17, 15) is 4.39 Å². The molecule has 21 heavy (non-hydrogen) atoms. The summed E-state index contributed by atoms with van der Waals surface area (Å²) in [6, 6.07) is 5.39. The summed E-state index contributed by atoms with van der Waals surface area (Å²) < 4.78 is 14.0. The van der Waals surface area contributed by atoms with Gasteiger partial charge in [-0.15, -0.1) is 6.42 Å². The summed E-state index contributed by atoms with van der Waals surface area (Å²) in [4.78, 5) is 2.18. The molecule has 1 N–H and O–H groups in total. The van der Waals surface area contributed by atoms with E-state index in [0.717, 1.165) is 43.1 Å². The topological polar surface area (TPSA) is 15.3 Å². The van der Waals surface area contributed by atoms with Gasteiger partial charge in [0.2, 0.25) is 0 Å². The second kappa shape index (κ2) is 8.17. The average Bonchev–Trinajstić information content (AvgIpc) is 3.27. The van der Waals surface area contributed by atoms with Gasteiger partial charge in [0.1, 0.15) is 5.82 Å². The molecule has 0 heterocycles. The predicted molar refractivity (Wildman–Crippen MR) is 85.2 cm³/mol. The van der Waals surface area contributed by atoms with E-state index in [-0.39, 0.29) is 5.82 Å². The third kappa shape index (κ3) is 5.49. The van der Waals surface area contributed by atoms with Crippen LogP contribution in [0.5, 0.6) is 0 Å². The van der Waals surface area contributed by atoms with E-state index in [1.165, 1.54) is 12.8 Å². The highest BCUT2D eigenvalue weighted by atomic mass is 19.1. The van der Waals surface area contributed by atoms with Gasteiger partial charge < -0.3 is 5.32 Å². The second-order valence-corrected chi connectivity index (χ2v) is 5.92. The normalized spacial score (nSPS) is 14.4. The number of nitrogens with one attached hydrogen (secondary N) is 1. The Morgan fingerprint density at radius 3 is 2.90 bits per heavy atom. The fourth-order valence-electron chi connectivity index (χ4n) is 2.49. The van der Waals surface area contributed by atoms with Crippen molar-refractivity contribution in [3.05, 3.63) is 35.1 Å². The minimum Gasteiger partial charge on any atom is -0.313 e. The molecule has 0 aliphatic heterocycles. The van der Waals surface area contributed by atoms with E-state index in [4.69, 9.17) is 6.42 Å². The number of halogens is 1. The molecular weight excluding hydrogens is 263 g/mol. The number of rotatable bonds is 9. The SMILES string of the molecule is C#CCN(Cc1cc(CNCCC)ccc1F)CC1CC1. The number of hydrogen-bond acceptors (Lipinski definition) is 2. The van der Waals surface area contributed by atoms with Crippen molar-refractivity contribution in [1.82, 2.24) is 10.2 Å². The van der Waals surface area contributed by atoms with E-state index in [2.05, 4.69) is 23.1 Å². The summed E-state index contributed by atoms with van der Waals surface area (Å²) >= 11 is 0. The van der Waals surface area contributed by atoms with Crippen molar-refractivity contribution < 1.29 is 4.39 Å². The zero-order chi connectivity index (χ0) is 15.1. The summed E-state index contributed by atoms with van der Waals surface area (Å²) in [5, 5.41) is 3.35. The molecule has 0 unspecified atom stereocenters. The van der Waals surface area contributed by atoms with Crippen molar-refractivity contribution in [2.75, 3.05) is 19.6 Å². The highest BCUT2D eigenvalue weighted by Gasteiger charge is 2.24. The Morgan fingerprint density at radius 1 is 1.43 bits per heavy atom. The number of terminal acetylenes is 1. The Kier molecular flexibility index (Phi) is 6.22. The number of nitrogens with zero attached hydrogens (tertiary/aromatic N) is 1. The summed E-state index contributed by atoms with van der Waals surface area (Å²) in [5.74, 6) is 3.32. The lowest BCUT2D eigenvalue weighted by Crippen LogP contribution is -2.26. The molecule has 0 atom stereocenters. The summed E-state index contributed by atoms with van der Waals surface area (Å²) in [7, 11) is 0. The van der Waals surface area contributed by atoms with Crippen molar-refractivity contribution in [3.8, 4) is 12.3 Å². The minimum absolute atomic E-state index is 0.132. The maximum atomic E-state index is 14.0. The Bertz CT molecular complexity index is 488. The quantitative estimate of drug-likeness (QED) is 0.554. The van der Waals surface area contributed by atoms with Gasteiger partial charge in [0, 0.05) is 25.2 Å². The third-order valence-corrected chi connectivity index (χ3v) is 3.79. The van der Waals surface area contributed by atoms with Crippen LogP contribution in [-0.4, -0.2) is 24.5 Å². The fourth-order valence-corrected chi connectivity index (χ4v) is 2.49. The van der Waals surface area contributed by atoms with Crippen molar-refractivity contribution in [2.24, 2.45) is 5.92 Å². The lowest BCUT2D eigenvalue weighted by Gasteiger charge is -2.20. The zero-order valence-electron chi connectivity index (χ0n) is 12.9. The Morgan fingerprint density at radius 2 is 2.24 bits per heavy atom. The van der Waals surface area contributed by atoms with E-state index in [0.29, 0.717) is 13.1 Å². The van der Waals surface area contributed by atoms with Gasteiger partial charge in [-0.3, -0.25) is 4.90 Å². The van der Waals surface area contributed by atoms with Crippen LogP contribution in [-0.2, 0) is 13.1 Å². The van der Waals surface area contributed by atoms with Crippen LogP contribution in [0.15, 0.2) is 18.2 Å². The molecule has 2 nitrogen and oxygen atoms in total. The monoisotopic (exact) mass is 288 g/mol. The Balaban J connectivity index is 1.98. The lowest BCUT2D eigenvalue weighted by atomic mass is 10.1. The molecule has 1 aliphatic rings. The summed E-state index contributed by atoms with van der Waals surface area (Å²) in [6.07, 6.45) is 9.10. The summed E-state index contributed by atoms with van der Waals surface area (Å²) in [6.45, 7) is 6.10. The van der Waals surface area contributed by atoms with Crippen molar-refractivity contribution in [1.29, 1.82) is 0 Å². The van der Waals surface area contributed by atoms with Gasteiger partial charge in [0.25, 0.3) is 0 Å². The van der Waals surface area contributed by atoms with Gasteiger partial charge in [-0.2, -0.15) is 0 Å². The van der Waals surface area contributed by atoms with Crippen LogP contribution in [0.3, 0.4) is 0 Å². The van der Waals surface area contributed by atoms with Gasteiger partial charge in [-0.1, -0.05) is 25.0 Å². The van der Waals surface area contributed by atoms with E-state index >= 15 is 0 Å². The Labute approximate surface area is 127 Å². The first-order valence-electron chi connectivity index (χ1n) is 7.86. The van der Waals surface area contributed by atoms with Gasteiger partial charge >= 0.3 is 0 Å². The van der Waals surface area contributed by atoms with E-state index < -0.39 is 0 Å². The van der Waals surface area contributed by atoms with Crippen molar-refractivity contribution in [2.45, 2.75) is 39.3 Å². The van der Waals surface area contributed by atoms with E-state index in [1.54, 1.807) is 6.07 Å². The van der Waals surface area contributed by atoms with Gasteiger partial charge in [0.05, 0.1) is 6.54 Å². The van der Waals surface area contributed by atoms with E-state index in [1.807, 2.05) is 12.1 Å². The standard InChI is InChI=1S/C18H25FN2/c1-3-9-20-12-16-7-8-18(19)17(11-16)14-21(10-4-2)13-15-5-6-15/h2,7-8,11,15,20H,3,5-6,9-10,12-14H2,1H3. The number of hydrogen-bond donors (Lipinski definition) is 1. The molecule has 1 saturated carbocycles. The molecule has 1 aliphatic carbocycles. The van der Waals surface area contributed by atoms with Crippen LogP contribution in [0, 0.1) is 24.1 Å². The average molecular weight is 288 g/mol. The maximum absolute atomic E-state index is 14.0. The first kappa shape index (κ1) is 16.0. The molecule has 0 radical (unpaired) electrons. The van der Waals surface area contributed by atoms with Crippen LogP contribution >= 0.6 is 0 Å². The highest BCUT2D eigenvalue weighted by Crippen LogP contribution is 2.30. The molecule has 1 aromatic carbocycles. The molecule has 1 aromatic rings. The first-order valence-corrected chi connectivity index (χ1v) is 7.86. The van der Waals surface area contributed by atoms with Crippen LogP contribution in [0.2, 0.25) is 0 Å². The van der Waals surface area contributed by atoms with Crippen molar-refractivity contribution >= 4 is 0 Å². The molecule has 1 fully saturated rings. The lowest BCUT2D eigenvalue weighted by molar-refractivity contribution is 0.282. The maximum Gasteiger partial charge on any atom is 0.127 e. The highest BCUT2D eigenvalue weighted by molar-refractivity contribution is 5.25. The first-order chi connectivity index (χ1) is 10.2. The molecule has 0 spiro atoms. The third-order valence-electron chi connectivity index (χ3n) is 3.79. The minimum atomic E-state index is -0.132. The number of benzene rings is 1. The van der Waals surface area contributed by atoms with Crippen LogP contribution < -0.4 is 5.32 Å². The van der Waals surface area contributed by atoms with Crippen LogP contribution in [0.25, 0.3) is 0 Å². The molecule has 0 bridgehead atoms. The largest absolute Gasteiger partial charge is 0.313 e.